The maximum Gasteiger partial charge on any atom is 0.338 e. The zero-order valence-electron chi connectivity index (χ0n) is 19.6. The molecule has 0 aromatic heterocycles. The van der Waals surface area contributed by atoms with Crippen LogP contribution in [-0.2, 0) is 18.9 Å². The summed E-state index contributed by atoms with van der Waals surface area (Å²) in [6.07, 6.45) is -7.15. The Bertz CT molecular complexity index is 1170. The molecule has 0 amide bonds. The Kier molecular flexibility index (Phi) is 7.42. The molecular weight excluding hydrogens is 452 g/mol. The van der Waals surface area contributed by atoms with E-state index in [-0.39, 0.29) is 16.7 Å². The van der Waals surface area contributed by atoms with Gasteiger partial charge in [-0.2, -0.15) is 0 Å². The first kappa shape index (κ1) is 22.8. The normalized spacial score (nSPS) is 24.0. The van der Waals surface area contributed by atoms with Crippen LogP contribution in [0.15, 0.2) is 91.0 Å². The van der Waals surface area contributed by atoms with E-state index in [1.165, 1.54) is 24.3 Å². The summed E-state index contributed by atoms with van der Waals surface area (Å²) in [7, 11) is 0. The molecule has 1 heterocycles. The molecule has 0 saturated carbocycles. The number of carbonyl (C=O) groups is 3. The van der Waals surface area contributed by atoms with Crippen molar-refractivity contribution in [1.29, 1.82) is 0 Å². The fourth-order valence-corrected chi connectivity index (χ4v) is 3.52. The molecule has 0 unspecified atom stereocenters. The minimum Gasteiger partial charge on any atom is -0.459 e. The molecule has 8 heteroatoms. The third kappa shape index (κ3) is 6.32. The zero-order chi connectivity index (χ0) is 25.5. The van der Waals surface area contributed by atoms with E-state index in [2.05, 4.69) is 0 Å². The van der Waals surface area contributed by atoms with Gasteiger partial charge in [-0.1, -0.05) is 54.6 Å². The van der Waals surface area contributed by atoms with Crippen LogP contribution in [0.2, 0.25) is 0 Å². The Morgan fingerprint density at radius 2 is 1.23 bits per heavy atom. The summed E-state index contributed by atoms with van der Waals surface area (Å²) >= 11 is 0. The predicted molar refractivity (Wildman–Crippen MR) is 124 cm³/mol. The van der Waals surface area contributed by atoms with Crippen LogP contribution in [0.3, 0.4) is 0 Å². The van der Waals surface area contributed by atoms with Crippen LogP contribution in [-0.4, -0.2) is 54.2 Å². The Morgan fingerprint density at radius 1 is 0.771 bits per heavy atom. The fraction of sp³-hybridized carbons (Fsp3) is 0.222. The summed E-state index contributed by atoms with van der Waals surface area (Å²) < 4.78 is 30.4. The van der Waals surface area contributed by atoms with E-state index in [4.69, 9.17) is 20.3 Å². The van der Waals surface area contributed by atoms with E-state index >= 15 is 0 Å². The summed E-state index contributed by atoms with van der Waals surface area (Å²) in [6, 6.07) is 24.4. The highest BCUT2D eigenvalue weighted by Crippen LogP contribution is 2.27. The van der Waals surface area contributed by atoms with Crippen molar-refractivity contribution in [1.82, 2.24) is 0 Å². The number of rotatable bonds is 7. The van der Waals surface area contributed by atoms with E-state index in [9.17, 15) is 19.5 Å². The van der Waals surface area contributed by atoms with Gasteiger partial charge in [-0.3, -0.25) is 0 Å². The van der Waals surface area contributed by atoms with Crippen molar-refractivity contribution in [2.45, 2.75) is 31.0 Å². The predicted octanol–water partition coefficient (Wildman–Crippen LogP) is 3.40. The van der Waals surface area contributed by atoms with Crippen LogP contribution in [0.1, 0.15) is 38.8 Å². The van der Waals surface area contributed by atoms with Crippen molar-refractivity contribution < 1.29 is 39.8 Å². The van der Waals surface area contributed by atoms with Crippen molar-refractivity contribution in [2.75, 3.05) is 6.61 Å². The molecule has 0 aliphatic carbocycles. The van der Waals surface area contributed by atoms with E-state index in [1.54, 1.807) is 66.7 Å². The molecule has 0 radical (unpaired) electrons. The highest BCUT2D eigenvalue weighted by molar-refractivity contribution is 5.90. The lowest BCUT2D eigenvalue weighted by molar-refractivity contribution is -0.239. The van der Waals surface area contributed by atoms with Crippen LogP contribution in [0.5, 0.6) is 0 Å². The lowest BCUT2D eigenvalue weighted by Crippen LogP contribution is -2.54. The van der Waals surface area contributed by atoms with E-state index in [0.29, 0.717) is 0 Å². The highest BCUT2D eigenvalue weighted by atomic mass is 16.7. The van der Waals surface area contributed by atoms with Crippen LogP contribution < -0.4 is 0 Å². The van der Waals surface area contributed by atoms with Gasteiger partial charge in [-0.15, -0.1) is 0 Å². The van der Waals surface area contributed by atoms with E-state index < -0.39 is 55.5 Å². The monoisotopic (exact) mass is 477 g/mol. The van der Waals surface area contributed by atoms with Crippen LogP contribution >= 0.6 is 0 Å². The summed E-state index contributed by atoms with van der Waals surface area (Å²) in [5.41, 5.74) is 0.723. The molecule has 5 atom stereocenters. The van der Waals surface area contributed by atoms with E-state index in [0.717, 1.165) is 0 Å². The second-order valence-electron chi connectivity index (χ2n) is 7.69. The molecule has 8 nitrogen and oxygen atoms in total. The highest BCUT2D eigenvalue weighted by Gasteiger charge is 2.44. The van der Waals surface area contributed by atoms with Gasteiger partial charge in [0.2, 0.25) is 0 Å². The molecule has 3 aromatic carbocycles. The van der Waals surface area contributed by atoms with E-state index in [1.807, 2.05) is 0 Å². The molecule has 0 bridgehead atoms. The quantitative estimate of drug-likeness (QED) is 0.408. The van der Waals surface area contributed by atoms with Crippen LogP contribution in [0, 0.1) is 0 Å². The second-order valence-corrected chi connectivity index (χ2v) is 7.69. The third-order valence-electron chi connectivity index (χ3n) is 5.25. The molecule has 4 rings (SSSR count). The molecule has 3 aromatic rings. The van der Waals surface area contributed by atoms with Crippen LogP contribution in [0.4, 0.5) is 0 Å². The Balaban J connectivity index is 1.57. The van der Waals surface area contributed by atoms with Gasteiger partial charge in [-0.25, -0.2) is 14.4 Å². The number of hydrogen-bond acceptors (Lipinski definition) is 8. The molecule has 0 spiro atoms. The SMILES string of the molecule is [2H][C@@H]1[C@H](OC(=O)c2ccccc2)[C@H](OC(=O)c2ccccc2)[C@@H](COC(=O)c2ccccc2)O[C@H]1O. The molecule has 1 aliphatic heterocycles. The fourth-order valence-electron chi connectivity index (χ4n) is 3.52. The van der Waals surface area contributed by atoms with Gasteiger partial charge < -0.3 is 24.1 Å². The number of ether oxygens (including phenoxy) is 4. The largest absolute Gasteiger partial charge is 0.459 e. The topological polar surface area (TPSA) is 108 Å². The van der Waals surface area contributed by atoms with Gasteiger partial charge >= 0.3 is 17.9 Å². The first-order valence-corrected chi connectivity index (χ1v) is 10.9. The summed E-state index contributed by atoms with van der Waals surface area (Å²) in [6.45, 7) is -0.427. The van der Waals surface area contributed by atoms with Crippen molar-refractivity contribution in [2.24, 2.45) is 0 Å². The molecular formula is C27H24O8. The summed E-state index contributed by atoms with van der Waals surface area (Å²) in [4.78, 5) is 38.1. The maximum absolute atomic E-state index is 12.9. The lowest BCUT2D eigenvalue weighted by Gasteiger charge is -2.38. The molecule has 1 aliphatic rings. The number of esters is 3. The number of aliphatic hydroxyl groups excluding tert-OH is 1. The molecule has 1 fully saturated rings. The zero-order valence-corrected chi connectivity index (χ0v) is 18.6. The molecule has 1 saturated heterocycles. The average Bonchev–Trinajstić information content (AvgIpc) is 2.92. The van der Waals surface area contributed by atoms with Gasteiger partial charge in [0.1, 0.15) is 18.8 Å². The minimum absolute atomic E-state index is 0.214. The number of carbonyl (C=O) groups excluding carboxylic acids is 3. The molecule has 35 heavy (non-hydrogen) atoms. The van der Waals surface area contributed by atoms with Crippen molar-refractivity contribution >= 4 is 17.9 Å². The summed E-state index contributed by atoms with van der Waals surface area (Å²) in [5, 5.41) is 10.4. The first-order chi connectivity index (χ1) is 17.4. The van der Waals surface area contributed by atoms with Crippen molar-refractivity contribution in [3.8, 4) is 0 Å². The Morgan fingerprint density at radius 3 is 1.74 bits per heavy atom. The number of hydrogen-bond donors (Lipinski definition) is 1. The maximum atomic E-state index is 12.9. The number of benzene rings is 3. The Labute approximate surface area is 203 Å². The van der Waals surface area contributed by atoms with Gasteiger partial charge in [-0.05, 0) is 36.4 Å². The third-order valence-corrected chi connectivity index (χ3v) is 5.25. The van der Waals surface area contributed by atoms with Crippen molar-refractivity contribution in [3.05, 3.63) is 108 Å². The van der Waals surface area contributed by atoms with Crippen LogP contribution in [0.25, 0.3) is 0 Å². The number of aliphatic hydroxyl groups is 1. The molecule has 180 valence electrons. The van der Waals surface area contributed by atoms with Gasteiger partial charge in [0.25, 0.3) is 0 Å². The van der Waals surface area contributed by atoms with Crippen molar-refractivity contribution in [3.63, 3.8) is 0 Å². The Hall–Kier alpha value is -4.01. The standard InChI is InChI=1S/C27H24O8/c28-23-16-21(34-26(30)19-12-6-2-7-13-19)24(35-27(31)20-14-8-3-9-15-20)22(33-23)17-32-25(29)18-10-4-1-5-11-18/h1-15,21-24,28H,16-17H2/t21-,22+,23+,24-/m0/s1/i16D/t16-,21+,22-,23-,24+/m1. The van der Waals surface area contributed by atoms with Gasteiger partial charge in [0.15, 0.2) is 12.4 Å². The smallest absolute Gasteiger partial charge is 0.338 e. The minimum atomic E-state index is -1.69. The summed E-state index contributed by atoms with van der Waals surface area (Å²) in [5.74, 6) is -2.19. The average molecular weight is 477 g/mol. The lowest BCUT2D eigenvalue weighted by atomic mass is 10.0. The second kappa shape index (κ2) is 11.4. The first-order valence-electron chi connectivity index (χ1n) is 11.5. The van der Waals surface area contributed by atoms with Gasteiger partial charge in [0.05, 0.1) is 16.7 Å². The molecule has 1 N–H and O–H groups in total. The van der Waals surface area contributed by atoms with Gasteiger partial charge in [0, 0.05) is 7.77 Å².